The van der Waals surface area contributed by atoms with Crippen LogP contribution in [0.2, 0.25) is 10.0 Å². The number of anilines is 1. The number of carbonyl (C=O) groups is 2. The van der Waals surface area contributed by atoms with Crippen LogP contribution in [0.15, 0.2) is 53.6 Å². The summed E-state index contributed by atoms with van der Waals surface area (Å²) < 4.78 is 1.88. The number of aryl methyl sites for hydroxylation is 1. The highest BCUT2D eigenvalue weighted by Crippen LogP contribution is 2.24. The number of rotatable bonds is 5. The van der Waals surface area contributed by atoms with Gasteiger partial charge in [-0.2, -0.15) is 5.10 Å². The van der Waals surface area contributed by atoms with Crippen molar-refractivity contribution in [1.29, 1.82) is 0 Å². The average Bonchev–Trinajstić information content (AvgIpc) is 2.97. The van der Waals surface area contributed by atoms with Gasteiger partial charge in [0.2, 0.25) is 0 Å². The Hall–Kier alpha value is -3.29. The lowest BCUT2D eigenvalue weighted by molar-refractivity contribution is 0.0697. The fourth-order valence-electron chi connectivity index (χ4n) is 3.01. The molecule has 30 heavy (non-hydrogen) atoms. The van der Waals surface area contributed by atoms with Crippen LogP contribution in [0.5, 0.6) is 0 Å². The van der Waals surface area contributed by atoms with Crippen LogP contribution in [-0.4, -0.2) is 27.9 Å². The first-order chi connectivity index (χ1) is 14.3. The lowest BCUT2D eigenvalue weighted by atomic mass is 10.2. The Kier molecular flexibility index (Phi) is 6.44. The fourth-order valence-corrected chi connectivity index (χ4v) is 3.39. The van der Waals surface area contributed by atoms with Crippen LogP contribution >= 0.6 is 23.2 Å². The van der Waals surface area contributed by atoms with Crippen molar-refractivity contribution >= 4 is 47.1 Å². The maximum absolute atomic E-state index is 12.0. The second kappa shape index (κ2) is 9.02. The SMILES string of the molecule is Cc1cc(/C=N/NC(=O)Nc2ccccc2Cl)c(C)n1-c1ccc(Cl)c(C(=O)O)c1. The first kappa shape index (κ1) is 21.4. The number of hydrogen-bond donors (Lipinski definition) is 3. The van der Waals surface area contributed by atoms with Crippen LogP contribution in [0.25, 0.3) is 5.69 Å². The van der Waals surface area contributed by atoms with Crippen molar-refractivity contribution in [2.45, 2.75) is 13.8 Å². The second-order valence-electron chi connectivity index (χ2n) is 6.44. The Morgan fingerprint density at radius 3 is 2.50 bits per heavy atom. The van der Waals surface area contributed by atoms with Gasteiger partial charge in [-0.05, 0) is 50.2 Å². The Morgan fingerprint density at radius 1 is 1.07 bits per heavy atom. The summed E-state index contributed by atoms with van der Waals surface area (Å²) in [6.45, 7) is 3.75. The van der Waals surface area contributed by atoms with E-state index in [2.05, 4.69) is 15.8 Å². The van der Waals surface area contributed by atoms with Gasteiger partial charge in [-0.25, -0.2) is 15.0 Å². The maximum atomic E-state index is 12.0. The molecule has 0 aliphatic rings. The third-order valence-corrected chi connectivity index (χ3v) is 5.06. The summed E-state index contributed by atoms with van der Waals surface area (Å²) in [6, 6.07) is 13.0. The van der Waals surface area contributed by atoms with Gasteiger partial charge in [0.15, 0.2) is 0 Å². The molecule has 9 heteroatoms. The Balaban J connectivity index is 1.77. The molecular formula is C21H18Cl2N4O3. The van der Waals surface area contributed by atoms with E-state index in [0.717, 1.165) is 17.0 Å². The molecule has 0 atom stereocenters. The number of para-hydroxylation sites is 1. The third-order valence-electron chi connectivity index (χ3n) is 4.40. The number of urea groups is 1. The van der Waals surface area contributed by atoms with Gasteiger partial charge >= 0.3 is 12.0 Å². The summed E-state index contributed by atoms with van der Waals surface area (Å²) in [5, 5.41) is 16.5. The average molecular weight is 445 g/mol. The molecule has 154 valence electrons. The molecule has 7 nitrogen and oxygen atoms in total. The van der Waals surface area contributed by atoms with Crippen LogP contribution in [0.4, 0.5) is 10.5 Å². The molecule has 0 saturated carbocycles. The molecule has 0 unspecified atom stereocenters. The first-order valence-corrected chi connectivity index (χ1v) is 9.60. The number of aromatic carboxylic acids is 1. The molecule has 0 aliphatic carbocycles. The van der Waals surface area contributed by atoms with E-state index in [4.69, 9.17) is 23.2 Å². The minimum absolute atomic E-state index is 0.0230. The molecule has 3 N–H and O–H groups in total. The monoisotopic (exact) mass is 444 g/mol. The zero-order valence-electron chi connectivity index (χ0n) is 16.1. The molecule has 0 spiro atoms. The van der Waals surface area contributed by atoms with E-state index in [1.54, 1.807) is 36.4 Å². The van der Waals surface area contributed by atoms with E-state index in [-0.39, 0.29) is 10.6 Å². The largest absolute Gasteiger partial charge is 0.478 e. The standard InChI is InChI=1S/C21H18Cl2N4O3/c1-12-9-14(11-24-26-21(30)25-19-6-4-3-5-18(19)23)13(2)27(12)15-7-8-17(22)16(10-15)20(28)29/h3-11H,1-2H3,(H,28,29)(H2,25,26,30)/b24-11+. The lowest BCUT2D eigenvalue weighted by Gasteiger charge is -2.11. The van der Waals surface area contributed by atoms with E-state index in [0.29, 0.717) is 16.4 Å². The highest BCUT2D eigenvalue weighted by Gasteiger charge is 2.14. The topological polar surface area (TPSA) is 95.7 Å². The molecule has 1 aromatic heterocycles. The molecule has 2 amide bonds. The molecule has 0 aliphatic heterocycles. The summed E-state index contributed by atoms with van der Waals surface area (Å²) >= 11 is 12.0. The van der Waals surface area contributed by atoms with E-state index in [9.17, 15) is 14.7 Å². The summed E-state index contributed by atoms with van der Waals surface area (Å²) in [7, 11) is 0. The van der Waals surface area contributed by atoms with Crippen molar-refractivity contribution in [2.75, 3.05) is 5.32 Å². The van der Waals surface area contributed by atoms with Gasteiger partial charge in [0.1, 0.15) is 0 Å². The minimum Gasteiger partial charge on any atom is -0.478 e. The maximum Gasteiger partial charge on any atom is 0.339 e. The van der Waals surface area contributed by atoms with E-state index >= 15 is 0 Å². The molecule has 3 aromatic rings. The van der Waals surface area contributed by atoms with Crippen molar-refractivity contribution < 1.29 is 14.7 Å². The number of hydrazone groups is 1. The Bertz CT molecular complexity index is 1160. The first-order valence-electron chi connectivity index (χ1n) is 8.84. The molecule has 0 fully saturated rings. The van der Waals surface area contributed by atoms with Gasteiger partial charge in [0.05, 0.1) is 27.5 Å². The number of nitrogens with zero attached hydrogens (tertiary/aromatic N) is 2. The second-order valence-corrected chi connectivity index (χ2v) is 7.25. The predicted octanol–water partition coefficient (Wildman–Crippen LogP) is 5.25. The predicted molar refractivity (Wildman–Crippen MR) is 118 cm³/mol. The number of benzene rings is 2. The van der Waals surface area contributed by atoms with Crippen LogP contribution < -0.4 is 10.7 Å². The van der Waals surface area contributed by atoms with Crippen molar-refractivity contribution in [1.82, 2.24) is 9.99 Å². The van der Waals surface area contributed by atoms with Gasteiger partial charge in [-0.15, -0.1) is 0 Å². The molecule has 3 rings (SSSR count). The normalized spacial score (nSPS) is 10.9. The van der Waals surface area contributed by atoms with Crippen molar-refractivity contribution in [3.63, 3.8) is 0 Å². The molecule has 0 radical (unpaired) electrons. The summed E-state index contributed by atoms with van der Waals surface area (Å²) in [5.41, 5.74) is 6.00. The van der Waals surface area contributed by atoms with Crippen molar-refractivity contribution in [3.05, 3.63) is 81.1 Å². The van der Waals surface area contributed by atoms with Crippen LogP contribution in [0.1, 0.15) is 27.3 Å². The van der Waals surface area contributed by atoms with E-state index < -0.39 is 12.0 Å². The number of carboxylic acid groups (broad SMARTS) is 1. The van der Waals surface area contributed by atoms with Gasteiger partial charge in [-0.3, -0.25) is 0 Å². The smallest absolute Gasteiger partial charge is 0.339 e. The molecule has 2 aromatic carbocycles. The number of carbonyl (C=O) groups excluding carboxylic acids is 1. The van der Waals surface area contributed by atoms with Crippen molar-refractivity contribution in [2.24, 2.45) is 5.10 Å². The minimum atomic E-state index is -1.10. The van der Waals surface area contributed by atoms with Crippen LogP contribution in [-0.2, 0) is 0 Å². The molecule has 0 bridgehead atoms. The molecule has 0 saturated heterocycles. The number of carboxylic acids is 1. The highest BCUT2D eigenvalue weighted by molar-refractivity contribution is 6.34. The summed E-state index contributed by atoms with van der Waals surface area (Å²) in [5.74, 6) is -1.10. The van der Waals surface area contributed by atoms with Gasteiger partial charge < -0.3 is 15.0 Å². The Morgan fingerprint density at radius 2 is 1.80 bits per heavy atom. The zero-order valence-corrected chi connectivity index (χ0v) is 17.6. The molecule has 1 heterocycles. The lowest BCUT2D eigenvalue weighted by Crippen LogP contribution is -2.24. The highest BCUT2D eigenvalue weighted by atomic mass is 35.5. The number of amides is 2. The Labute approximate surface area is 182 Å². The van der Waals surface area contributed by atoms with Crippen LogP contribution in [0.3, 0.4) is 0 Å². The number of aromatic nitrogens is 1. The number of hydrogen-bond acceptors (Lipinski definition) is 3. The van der Waals surface area contributed by atoms with Gasteiger partial charge in [0, 0.05) is 22.6 Å². The summed E-state index contributed by atoms with van der Waals surface area (Å²) in [6.07, 6.45) is 1.51. The van der Waals surface area contributed by atoms with Gasteiger partial charge in [-0.1, -0.05) is 35.3 Å². The van der Waals surface area contributed by atoms with E-state index in [1.165, 1.54) is 12.3 Å². The van der Waals surface area contributed by atoms with Gasteiger partial charge in [0.25, 0.3) is 0 Å². The van der Waals surface area contributed by atoms with Crippen molar-refractivity contribution in [3.8, 4) is 5.69 Å². The zero-order chi connectivity index (χ0) is 21.8. The van der Waals surface area contributed by atoms with E-state index in [1.807, 2.05) is 24.5 Å². The quantitative estimate of drug-likeness (QED) is 0.370. The fraction of sp³-hybridized carbons (Fsp3) is 0.0952. The summed E-state index contributed by atoms with van der Waals surface area (Å²) in [4.78, 5) is 23.4. The number of nitrogens with one attached hydrogen (secondary N) is 2. The molecular weight excluding hydrogens is 427 g/mol. The van der Waals surface area contributed by atoms with Crippen LogP contribution in [0, 0.1) is 13.8 Å². The number of halogens is 2. The third kappa shape index (κ3) is 4.64.